The Morgan fingerprint density at radius 2 is 1.50 bits per heavy atom. The molecule has 12 nitrogen and oxygen atoms in total. The maximum atomic E-state index is 15.0. The third kappa shape index (κ3) is 9.89. The summed E-state index contributed by atoms with van der Waals surface area (Å²) < 4.78 is 9.03. The number of halogens is 1. The fraction of sp³-hybridized carbons (Fsp3) is 0.372. The van der Waals surface area contributed by atoms with Gasteiger partial charge in [0.05, 0.1) is 41.2 Å². The number of carbonyl (C=O) groups is 2. The van der Waals surface area contributed by atoms with Gasteiger partial charge in [-0.3, -0.25) is 18.7 Å². The molecule has 2 aromatic heterocycles. The van der Waals surface area contributed by atoms with Crippen LogP contribution in [0, 0.1) is 11.3 Å². The molecule has 3 N–H and O–H groups in total. The predicted octanol–water partition coefficient (Wildman–Crippen LogP) is 8.47. The highest BCUT2D eigenvalue weighted by Crippen LogP contribution is 2.33. The molecule has 3 aromatic carbocycles. The zero-order valence-corrected chi connectivity index (χ0v) is 32.7. The number of Topliss-reactive ketones (excluding diaryl/α,β-unsaturated/α-hetero) is 1. The number of anilines is 1. The fourth-order valence-corrected chi connectivity index (χ4v) is 7.01. The second kappa shape index (κ2) is 20.2. The monoisotopic (exact) mass is 780 g/mol. The van der Waals surface area contributed by atoms with Gasteiger partial charge in [0.25, 0.3) is 17.7 Å². The maximum Gasteiger partial charge on any atom is 0.335 e. The number of imidazole rings is 2. The van der Waals surface area contributed by atoms with Crippen LogP contribution in [0.1, 0.15) is 106 Å². The van der Waals surface area contributed by atoms with E-state index in [0.717, 1.165) is 23.8 Å². The predicted molar refractivity (Wildman–Crippen MR) is 218 cm³/mol. The zero-order chi connectivity index (χ0) is 40.0. The number of aromatic hydroxyl groups is 1. The summed E-state index contributed by atoms with van der Waals surface area (Å²) in [6.07, 6.45) is 11.1. The minimum absolute atomic E-state index is 0.00473. The van der Waals surface area contributed by atoms with Gasteiger partial charge < -0.3 is 20.1 Å². The summed E-state index contributed by atoms with van der Waals surface area (Å²) in [4.78, 5) is 60.2. The van der Waals surface area contributed by atoms with Crippen LogP contribution in [0.3, 0.4) is 0 Å². The minimum atomic E-state index is -2.06. The Labute approximate surface area is 331 Å². The van der Waals surface area contributed by atoms with Crippen LogP contribution < -0.4 is 21.4 Å². The van der Waals surface area contributed by atoms with E-state index < -0.39 is 35.0 Å². The van der Waals surface area contributed by atoms with E-state index in [-0.39, 0.29) is 46.7 Å². The molecule has 0 aliphatic heterocycles. The normalized spacial score (nSPS) is 11.6. The Kier molecular flexibility index (Phi) is 14.9. The molecule has 0 aliphatic carbocycles. The lowest BCUT2D eigenvalue weighted by molar-refractivity contribution is -0.118. The van der Waals surface area contributed by atoms with Crippen LogP contribution in [0.2, 0.25) is 5.02 Å². The van der Waals surface area contributed by atoms with E-state index in [4.69, 9.17) is 16.3 Å². The SMILES string of the molecule is CCCCCCCCCCCCn1c(-c2ccccc2)c(C(=O)C(C(=O)Nc2cc(C#N)ccc2Cl)n2c(O)c(OCC)n(Cc3ccccc3)c2=O)[nH]c1=O. The van der Waals surface area contributed by atoms with Gasteiger partial charge in [0.15, 0.2) is 6.04 Å². The lowest BCUT2D eigenvalue weighted by Gasteiger charge is -2.18. The first kappa shape index (κ1) is 41.4. The first-order valence-electron chi connectivity index (χ1n) is 19.3. The third-order valence-electron chi connectivity index (χ3n) is 9.69. The highest BCUT2D eigenvalue weighted by Gasteiger charge is 2.39. The summed E-state index contributed by atoms with van der Waals surface area (Å²) in [5, 5.41) is 23.8. The summed E-state index contributed by atoms with van der Waals surface area (Å²) in [5.74, 6) is -3.02. The Balaban J connectivity index is 1.56. The Hall–Kier alpha value is -5.80. The molecule has 0 bridgehead atoms. The van der Waals surface area contributed by atoms with Crippen molar-refractivity contribution in [2.45, 2.75) is 97.2 Å². The topological polar surface area (TPSA) is 164 Å². The molecular formula is C43H49ClN6O6. The number of nitrogens with one attached hydrogen (secondary N) is 2. The number of carbonyl (C=O) groups excluding carboxylic acids is 2. The highest BCUT2D eigenvalue weighted by atomic mass is 35.5. The van der Waals surface area contributed by atoms with Crippen molar-refractivity contribution in [2.24, 2.45) is 0 Å². The second-order valence-corrected chi connectivity index (χ2v) is 14.1. The summed E-state index contributed by atoms with van der Waals surface area (Å²) in [5.41, 5.74) is -0.0114. The molecule has 5 aromatic rings. The molecule has 2 heterocycles. The van der Waals surface area contributed by atoms with Gasteiger partial charge in [-0.15, -0.1) is 0 Å². The van der Waals surface area contributed by atoms with Crippen molar-refractivity contribution in [3.63, 3.8) is 0 Å². The smallest absolute Gasteiger partial charge is 0.335 e. The molecular weight excluding hydrogens is 732 g/mol. The maximum absolute atomic E-state index is 15.0. The molecule has 1 amide bonds. The Morgan fingerprint density at radius 3 is 2.12 bits per heavy atom. The fourth-order valence-electron chi connectivity index (χ4n) is 6.85. The number of aromatic nitrogens is 4. The summed E-state index contributed by atoms with van der Waals surface area (Å²) >= 11 is 6.41. The summed E-state index contributed by atoms with van der Waals surface area (Å²) in [7, 11) is 0. The minimum Gasteiger partial charge on any atom is -0.491 e. The summed E-state index contributed by atoms with van der Waals surface area (Å²) in [6, 6.07) is 21.9. The van der Waals surface area contributed by atoms with Crippen LogP contribution in [0.4, 0.5) is 5.69 Å². The largest absolute Gasteiger partial charge is 0.491 e. The molecule has 0 fully saturated rings. The molecule has 0 spiro atoms. The molecule has 0 aliphatic rings. The van der Waals surface area contributed by atoms with Gasteiger partial charge >= 0.3 is 11.4 Å². The first-order chi connectivity index (χ1) is 27.2. The van der Waals surface area contributed by atoms with E-state index in [2.05, 4.69) is 17.2 Å². The highest BCUT2D eigenvalue weighted by molar-refractivity contribution is 6.34. The average Bonchev–Trinajstić information content (AvgIpc) is 3.65. The zero-order valence-electron chi connectivity index (χ0n) is 31.9. The van der Waals surface area contributed by atoms with Crippen molar-refractivity contribution in [3.05, 3.63) is 122 Å². The van der Waals surface area contributed by atoms with Crippen molar-refractivity contribution < 1.29 is 19.4 Å². The van der Waals surface area contributed by atoms with Crippen molar-refractivity contribution in [3.8, 4) is 29.1 Å². The molecule has 56 heavy (non-hydrogen) atoms. The van der Waals surface area contributed by atoms with Gasteiger partial charge in [0, 0.05) is 12.1 Å². The Bertz CT molecular complexity index is 2250. The number of aromatic amines is 1. The van der Waals surface area contributed by atoms with Gasteiger partial charge in [-0.2, -0.15) is 5.26 Å². The van der Waals surface area contributed by atoms with E-state index >= 15 is 0 Å². The van der Waals surface area contributed by atoms with Gasteiger partial charge in [0.2, 0.25) is 5.78 Å². The lowest BCUT2D eigenvalue weighted by atomic mass is 10.0. The van der Waals surface area contributed by atoms with Crippen LogP contribution >= 0.6 is 11.6 Å². The lowest BCUT2D eigenvalue weighted by Crippen LogP contribution is -2.39. The molecule has 0 saturated carbocycles. The van der Waals surface area contributed by atoms with Gasteiger partial charge in [-0.05, 0) is 37.1 Å². The number of ketones is 1. The second-order valence-electron chi connectivity index (χ2n) is 13.7. The van der Waals surface area contributed by atoms with Crippen LogP contribution in [0.25, 0.3) is 11.3 Å². The molecule has 1 unspecified atom stereocenters. The van der Waals surface area contributed by atoms with E-state index in [9.17, 15) is 29.5 Å². The van der Waals surface area contributed by atoms with Crippen LogP contribution in [-0.4, -0.2) is 42.1 Å². The number of hydrogen-bond acceptors (Lipinski definition) is 7. The van der Waals surface area contributed by atoms with Crippen LogP contribution in [0.5, 0.6) is 11.8 Å². The third-order valence-corrected chi connectivity index (χ3v) is 10.0. The van der Waals surface area contributed by atoms with Crippen molar-refractivity contribution in [1.82, 2.24) is 18.7 Å². The Morgan fingerprint density at radius 1 is 0.875 bits per heavy atom. The average molecular weight is 781 g/mol. The molecule has 13 heteroatoms. The van der Waals surface area contributed by atoms with Gasteiger partial charge in [0.1, 0.15) is 5.69 Å². The molecule has 1 atom stereocenters. The van der Waals surface area contributed by atoms with Crippen LogP contribution in [-0.2, 0) is 17.9 Å². The first-order valence-corrected chi connectivity index (χ1v) is 19.7. The number of rotatable bonds is 21. The number of amides is 1. The van der Waals surface area contributed by atoms with Crippen molar-refractivity contribution >= 4 is 29.0 Å². The number of benzene rings is 3. The number of nitriles is 1. The van der Waals surface area contributed by atoms with Gasteiger partial charge in [-0.25, -0.2) is 14.2 Å². The number of ether oxygens (including phenoxy) is 1. The number of H-pyrrole nitrogens is 1. The van der Waals surface area contributed by atoms with Gasteiger partial charge in [-0.1, -0.05) is 137 Å². The summed E-state index contributed by atoms with van der Waals surface area (Å²) in [6.45, 7) is 4.19. The van der Waals surface area contributed by atoms with E-state index in [1.165, 1.54) is 61.3 Å². The van der Waals surface area contributed by atoms with E-state index in [1.54, 1.807) is 61.5 Å². The molecule has 0 radical (unpaired) electrons. The van der Waals surface area contributed by atoms with E-state index in [0.29, 0.717) is 28.7 Å². The number of unbranched alkanes of at least 4 members (excludes halogenated alkanes) is 9. The quantitative estimate of drug-likeness (QED) is 0.0382. The van der Waals surface area contributed by atoms with Crippen LogP contribution in [0.15, 0.2) is 88.5 Å². The number of hydrogen-bond donors (Lipinski definition) is 3. The van der Waals surface area contributed by atoms with Crippen molar-refractivity contribution in [1.29, 1.82) is 5.26 Å². The molecule has 294 valence electrons. The molecule has 0 saturated heterocycles. The van der Waals surface area contributed by atoms with Crippen molar-refractivity contribution in [2.75, 3.05) is 11.9 Å². The molecule has 5 rings (SSSR count). The standard InChI is InChI=1S/C43H49ClN6O6/c1-3-5-6-7-8-9-10-11-12-19-26-48-36(32-22-17-14-18-23-32)35(47-42(48)54)38(51)37(39(52)46-34-27-31(28-45)24-25-33(34)44)50-40(53)41(56-4-2)49(43(50)55)29-30-20-15-13-16-21-30/h13-18,20-25,27,37,53H,3-12,19,26,29H2,1-2H3,(H,46,52)(H,47,54). The number of nitrogens with zero attached hydrogens (tertiary/aromatic N) is 4. The van der Waals surface area contributed by atoms with E-state index in [1.807, 2.05) is 12.1 Å².